The van der Waals surface area contributed by atoms with E-state index in [0.29, 0.717) is 25.4 Å². The second-order valence-electron chi connectivity index (χ2n) is 4.83. The van der Waals surface area contributed by atoms with Crippen LogP contribution in [-0.2, 0) is 11.0 Å². The van der Waals surface area contributed by atoms with E-state index < -0.39 is 23.2 Å². The van der Waals surface area contributed by atoms with Crippen molar-refractivity contribution in [2.24, 2.45) is 11.8 Å². The number of aromatic amines is 1. The number of carbonyl (C=O) groups excluding carboxylic acids is 1. The normalized spacial score (nSPS) is 17.4. The lowest BCUT2D eigenvalue weighted by atomic mass is 9.88. The maximum absolute atomic E-state index is 12.5. The van der Waals surface area contributed by atoms with Gasteiger partial charge in [-0.05, 0) is 25.1 Å². The second kappa shape index (κ2) is 5.28. The zero-order valence-corrected chi connectivity index (χ0v) is 10.7. The summed E-state index contributed by atoms with van der Waals surface area (Å²) < 4.78 is 37.6. The van der Waals surface area contributed by atoms with Gasteiger partial charge in [-0.25, -0.2) is 0 Å². The minimum atomic E-state index is -4.58. The van der Waals surface area contributed by atoms with Gasteiger partial charge in [-0.1, -0.05) is 6.92 Å². The van der Waals surface area contributed by atoms with Gasteiger partial charge in [-0.15, -0.1) is 0 Å². The van der Waals surface area contributed by atoms with Gasteiger partial charge in [-0.2, -0.15) is 13.2 Å². The predicted molar refractivity (Wildman–Crippen MR) is 66.2 cm³/mol. The summed E-state index contributed by atoms with van der Waals surface area (Å²) in [5, 5.41) is 5.27. The van der Waals surface area contributed by atoms with Crippen molar-refractivity contribution < 1.29 is 18.0 Å². The van der Waals surface area contributed by atoms with Gasteiger partial charge in [0.2, 0.25) is 5.91 Å². The number of hydrogen-bond acceptors (Lipinski definition) is 3. The van der Waals surface area contributed by atoms with Crippen LogP contribution in [0.5, 0.6) is 0 Å². The third kappa shape index (κ3) is 3.01. The van der Waals surface area contributed by atoms with E-state index in [0.717, 1.165) is 0 Å². The molecular formula is C12H14F3N3O2. The highest BCUT2D eigenvalue weighted by molar-refractivity contribution is 5.92. The van der Waals surface area contributed by atoms with E-state index in [1.54, 1.807) is 6.92 Å². The summed E-state index contributed by atoms with van der Waals surface area (Å²) in [5.74, 6) is -0.689. The molecule has 1 aliphatic rings. The summed E-state index contributed by atoms with van der Waals surface area (Å²) in [6.45, 7) is 3.06. The van der Waals surface area contributed by atoms with Gasteiger partial charge in [-0.3, -0.25) is 9.59 Å². The van der Waals surface area contributed by atoms with Gasteiger partial charge in [0.15, 0.2) is 0 Å². The van der Waals surface area contributed by atoms with Crippen LogP contribution in [0.25, 0.3) is 0 Å². The number of rotatable bonds is 3. The molecule has 5 nitrogen and oxygen atoms in total. The van der Waals surface area contributed by atoms with Crippen LogP contribution in [-0.4, -0.2) is 24.0 Å². The number of pyridine rings is 1. The van der Waals surface area contributed by atoms with Gasteiger partial charge >= 0.3 is 6.18 Å². The van der Waals surface area contributed by atoms with Crippen molar-refractivity contribution in [1.29, 1.82) is 0 Å². The first kappa shape index (κ1) is 14.6. The maximum atomic E-state index is 12.5. The Kier molecular flexibility index (Phi) is 3.85. The molecule has 1 saturated heterocycles. The Bertz CT molecular complexity index is 564. The van der Waals surface area contributed by atoms with Gasteiger partial charge in [0, 0.05) is 12.1 Å². The van der Waals surface area contributed by atoms with E-state index in [9.17, 15) is 22.8 Å². The first-order valence-electron chi connectivity index (χ1n) is 6.10. The van der Waals surface area contributed by atoms with Gasteiger partial charge in [0.25, 0.3) is 5.56 Å². The van der Waals surface area contributed by atoms with Gasteiger partial charge in [0.05, 0.1) is 5.56 Å². The summed E-state index contributed by atoms with van der Waals surface area (Å²) in [6.07, 6.45) is -4.00. The summed E-state index contributed by atoms with van der Waals surface area (Å²) in [7, 11) is 0. The molecule has 1 fully saturated rings. The number of anilines is 1. The molecule has 1 aromatic rings. The third-order valence-electron chi connectivity index (χ3n) is 3.42. The third-order valence-corrected chi connectivity index (χ3v) is 3.42. The number of aromatic nitrogens is 1. The average Bonchev–Trinajstić information content (AvgIpc) is 2.28. The van der Waals surface area contributed by atoms with Crippen LogP contribution >= 0.6 is 0 Å². The molecule has 1 unspecified atom stereocenters. The molecule has 20 heavy (non-hydrogen) atoms. The lowest BCUT2D eigenvalue weighted by molar-refractivity contribution is -0.137. The van der Waals surface area contributed by atoms with Crippen molar-refractivity contribution in [3.63, 3.8) is 0 Å². The molecule has 110 valence electrons. The van der Waals surface area contributed by atoms with Crippen LogP contribution in [0.3, 0.4) is 0 Å². The van der Waals surface area contributed by atoms with Gasteiger partial charge < -0.3 is 15.6 Å². The number of nitrogens with one attached hydrogen (secondary N) is 3. The average molecular weight is 289 g/mol. The molecule has 1 aliphatic heterocycles. The monoisotopic (exact) mass is 289 g/mol. The Morgan fingerprint density at radius 2 is 2.10 bits per heavy atom. The predicted octanol–water partition coefficient (Wildman–Crippen LogP) is 1.19. The molecule has 0 bridgehead atoms. The first-order chi connectivity index (χ1) is 9.29. The zero-order chi connectivity index (χ0) is 14.9. The fourth-order valence-electron chi connectivity index (χ4n) is 1.87. The van der Waals surface area contributed by atoms with E-state index in [1.807, 2.05) is 4.98 Å². The zero-order valence-electron chi connectivity index (χ0n) is 10.7. The first-order valence-corrected chi connectivity index (χ1v) is 6.10. The molecular weight excluding hydrogens is 275 g/mol. The molecule has 8 heteroatoms. The van der Waals surface area contributed by atoms with Crippen molar-refractivity contribution in [1.82, 2.24) is 10.3 Å². The minimum absolute atomic E-state index is 0.139. The molecule has 0 aliphatic carbocycles. The smallest absolute Gasteiger partial charge is 0.327 e. The molecule has 1 atom stereocenters. The Morgan fingerprint density at radius 3 is 2.60 bits per heavy atom. The van der Waals surface area contributed by atoms with E-state index in [2.05, 4.69) is 10.6 Å². The number of H-pyrrole nitrogens is 1. The number of alkyl halides is 3. The van der Waals surface area contributed by atoms with Crippen LogP contribution in [0.1, 0.15) is 12.5 Å². The standard InChI is InChI=1S/C12H14F3N3O2/c1-6(7-3-16-4-7)10(19)18-9-2-8(12(13,14)15)5-17-11(9)20/h2,5-7,16H,3-4H2,1H3,(H,17,20)(H,18,19). The van der Waals surface area contributed by atoms with Crippen molar-refractivity contribution >= 4 is 11.6 Å². The van der Waals surface area contributed by atoms with Crippen LogP contribution in [0, 0.1) is 11.8 Å². The number of carbonyl (C=O) groups is 1. The van der Waals surface area contributed by atoms with Crippen molar-refractivity contribution in [3.05, 3.63) is 28.2 Å². The molecule has 0 radical (unpaired) electrons. The van der Waals surface area contributed by atoms with Crippen LogP contribution < -0.4 is 16.2 Å². The van der Waals surface area contributed by atoms with E-state index >= 15 is 0 Å². The van der Waals surface area contributed by atoms with E-state index in [1.165, 1.54) is 0 Å². The fourth-order valence-corrected chi connectivity index (χ4v) is 1.87. The van der Waals surface area contributed by atoms with Crippen molar-refractivity contribution in [2.75, 3.05) is 18.4 Å². The number of halogens is 3. The largest absolute Gasteiger partial charge is 0.417 e. The summed E-state index contributed by atoms with van der Waals surface area (Å²) >= 11 is 0. The number of amides is 1. The van der Waals surface area contributed by atoms with Crippen molar-refractivity contribution in [2.45, 2.75) is 13.1 Å². The summed E-state index contributed by atoms with van der Waals surface area (Å²) in [5.41, 5.74) is -2.15. The van der Waals surface area contributed by atoms with E-state index in [-0.39, 0.29) is 17.5 Å². The second-order valence-corrected chi connectivity index (χ2v) is 4.83. The molecule has 0 saturated carbocycles. The molecule has 3 N–H and O–H groups in total. The molecule has 0 aromatic carbocycles. The summed E-state index contributed by atoms with van der Waals surface area (Å²) in [4.78, 5) is 25.3. The minimum Gasteiger partial charge on any atom is -0.327 e. The van der Waals surface area contributed by atoms with Gasteiger partial charge in [0.1, 0.15) is 5.69 Å². The van der Waals surface area contributed by atoms with E-state index in [4.69, 9.17) is 0 Å². The molecule has 1 amide bonds. The Morgan fingerprint density at radius 1 is 1.45 bits per heavy atom. The van der Waals surface area contributed by atoms with Crippen LogP contribution in [0.4, 0.5) is 18.9 Å². The molecule has 2 heterocycles. The topological polar surface area (TPSA) is 74.0 Å². The highest BCUT2D eigenvalue weighted by atomic mass is 19.4. The molecule has 0 spiro atoms. The maximum Gasteiger partial charge on any atom is 0.417 e. The summed E-state index contributed by atoms with van der Waals surface area (Å²) in [6, 6.07) is 0.641. The van der Waals surface area contributed by atoms with Crippen molar-refractivity contribution in [3.8, 4) is 0 Å². The molecule has 2 rings (SSSR count). The highest BCUT2D eigenvalue weighted by Gasteiger charge is 2.32. The Hall–Kier alpha value is -1.83. The number of hydrogen-bond donors (Lipinski definition) is 3. The Labute approximate surface area is 112 Å². The lowest BCUT2D eigenvalue weighted by Crippen LogP contribution is -2.48. The highest BCUT2D eigenvalue weighted by Crippen LogP contribution is 2.29. The quantitative estimate of drug-likeness (QED) is 0.782. The Balaban J connectivity index is 2.16. The van der Waals surface area contributed by atoms with Crippen LogP contribution in [0.15, 0.2) is 17.1 Å². The fraction of sp³-hybridized carbons (Fsp3) is 0.500. The SMILES string of the molecule is CC(C(=O)Nc1cc(C(F)(F)F)c[nH]c1=O)C1CNC1. The molecule has 1 aromatic heterocycles. The van der Waals surface area contributed by atoms with Crippen LogP contribution in [0.2, 0.25) is 0 Å². The lowest BCUT2D eigenvalue weighted by Gasteiger charge is -2.31.